The van der Waals surface area contributed by atoms with Crippen LogP contribution in [0.1, 0.15) is 13.8 Å². The molecule has 41 heavy (non-hydrogen) atoms. The van der Waals surface area contributed by atoms with E-state index in [0.717, 1.165) is 6.16 Å². The number of benzene rings is 4. The molecule has 0 aromatic heterocycles. The molecule has 0 bridgehead atoms. The summed E-state index contributed by atoms with van der Waals surface area (Å²) in [6.45, 7) is 4.82. The smallest absolute Gasteiger partial charge is 0.358 e. The van der Waals surface area contributed by atoms with Gasteiger partial charge in [0.15, 0.2) is 0 Å². The molecule has 0 fully saturated rings. The molecular weight excluding hydrogens is 678 g/mol. The van der Waals surface area contributed by atoms with Gasteiger partial charge in [0.25, 0.3) is 0 Å². The number of hydrogen-bond acceptors (Lipinski definition) is 2. The predicted molar refractivity (Wildman–Crippen MR) is 165 cm³/mol. The topological polar surface area (TPSA) is 54.4 Å². The first-order valence-corrected chi connectivity index (χ1v) is 16.4. The Morgan fingerprint density at radius 1 is 0.659 bits per heavy atom. The van der Waals surface area contributed by atoms with Gasteiger partial charge in [-0.05, 0) is 24.7 Å². The second-order valence-electron chi connectivity index (χ2n) is 9.34. The first-order valence-electron chi connectivity index (χ1n) is 12.0. The fraction of sp³-hybridized carbons (Fsp3) is 0.161. The van der Waals surface area contributed by atoms with E-state index in [-0.39, 0.29) is 33.3 Å². The number of alkyl halides is 3. The van der Waals surface area contributed by atoms with E-state index in [9.17, 15) is 13.2 Å². The van der Waals surface area contributed by atoms with Crippen molar-refractivity contribution < 1.29 is 46.6 Å². The third-order valence-electron chi connectivity index (χ3n) is 5.54. The van der Waals surface area contributed by atoms with Gasteiger partial charge in [-0.25, -0.2) is 7.92 Å². The van der Waals surface area contributed by atoms with Crippen LogP contribution in [0, 0.1) is 19.0 Å². The maximum Gasteiger partial charge on any atom is 2.00 e. The van der Waals surface area contributed by atoms with Crippen LogP contribution >= 0.6 is 15.8 Å². The van der Waals surface area contributed by atoms with Gasteiger partial charge in [0.1, 0.15) is 0 Å². The molecule has 1 N–H and O–H groups in total. The second-order valence-corrected chi connectivity index (χ2v) is 15.0. The third-order valence-corrected chi connectivity index (χ3v) is 11.8. The van der Waals surface area contributed by atoms with Crippen molar-refractivity contribution in [2.24, 2.45) is 5.41 Å². The van der Waals surface area contributed by atoms with Gasteiger partial charge in [0, 0.05) is 0 Å². The normalized spacial score (nSPS) is 11.6. The maximum atomic E-state index is 10.7. The van der Waals surface area contributed by atoms with Crippen LogP contribution in [0.3, 0.4) is 0 Å². The average molecular weight is 711 g/mol. The number of rotatable bonds is 8. The van der Waals surface area contributed by atoms with Gasteiger partial charge >= 0.3 is 36.0 Å². The Morgan fingerprint density at radius 3 is 1.20 bits per heavy atom. The molecule has 0 amide bonds. The summed E-state index contributed by atoms with van der Waals surface area (Å²) in [5, 5.41) is 5.74. The quantitative estimate of drug-likeness (QED) is 0.0688. The number of halogens is 3. The Hall–Kier alpha value is -1.90. The number of hydrogen-bond donors (Lipinski definition) is 1. The maximum absolute atomic E-state index is 10.7. The summed E-state index contributed by atoms with van der Waals surface area (Å²) in [7, 11) is -6.79. The van der Waals surface area contributed by atoms with E-state index < -0.39 is 31.5 Å². The fourth-order valence-corrected chi connectivity index (χ4v) is 8.97. The minimum absolute atomic E-state index is 0. The molecule has 4 aromatic carbocycles. The molecule has 0 spiro atoms. The first-order chi connectivity index (χ1) is 18.4. The molecule has 0 aliphatic heterocycles. The SMILES string of the molecule is CC(C)([CH-]P(c1ccccc1)c1ccccc1)CP(c1ccccc1)c1ccccc1.O=S(=O)(O)C(F)(F)F.[CH3-].[Pd+2]. The monoisotopic (exact) mass is 710 g/mol. The molecule has 0 heterocycles. The summed E-state index contributed by atoms with van der Waals surface area (Å²) in [5.74, 6) is 0. The second kappa shape index (κ2) is 16.7. The summed E-state index contributed by atoms with van der Waals surface area (Å²) in [5.41, 5.74) is -5.44. The Balaban J connectivity index is 0.000000740. The van der Waals surface area contributed by atoms with Crippen molar-refractivity contribution in [3.63, 3.8) is 0 Å². The van der Waals surface area contributed by atoms with Gasteiger partial charge in [0.05, 0.1) is 0 Å². The van der Waals surface area contributed by atoms with E-state index >= 15 is 0 Å². The molecule has 0 aliphatic rings. The molecule has 3 nitrogen and oxygen atoms in total. The Kier molecular flexibility index (Phi) is 15.1. The van der Waals surface area contributed by atoms with Crippen LogP contribution in [-0.4, -0.2) is 24.6 Å². The van der Waals surface area contributed by atoms with Crippen molar-refractivity contribution in [1.29, 1.82) is 0 Å². The average Bonchev–Trinajstić information content (AvgIpc) is 2.92. The van der Waals surface area contributed by atoms with E-state index in [2.05, 4.69) is 141 Å². The van der Waals surface area contributed by atoms with Crippen LogP contribution in [-0.2, 0) is 30.5 Å². The zero-order chi connectivity index (χ0) is 28.5. The van der Waals surface area contributed by atoms with E-state index in [1.54, 1.807) is 0 Å². The fourth-order valence-electron chi connectivity index (χ4n) is 3.82. The Bertz CT molecular complexity index is 1230. The van der Waals surface area contributed by atoms with Crippen LogP contribution in [0.4, 0.5) is 13.2 Å². The van der Waals surface area contributed by atoms with E-state index in [0.29, 0.717) is 0 Å². The van der Waals surface area contributed by atoms with Crippen LogP contribution in [0.25, 0.3) is 0 Å². The van der Waals surface area contributed by atoms with Crippen LogP contribution in [0.2, 0.25) is 0 Å². The van der Waals surface area contributed by atoms with E-state index in [4.69, 9.17) is 13.0 Å². The van der Waals surface area contributed by atoms with Gasteiger partial charge in [-0.2, -0.15) is 27.0 Å². The summed E-state index contributed by atoms with van der Waals surface area (Å²) in [6.07, 6.45) is 3.77. The van der Waals surface area contributed by atoms with Gasteiger partial charge in [-0.3, -0.25) is 10.7 Å². The molecule has 0 atom stereocenters. The zero-order valence-corrected chi connectivity index (χ0v) is 27.0. The zero-order valence-electron chi connectivity index (χ0n) is 22.8. The predicted octanol–water partition coefficient (Wildman–Crippen LogP) is 7.28. The summed E-state index contributed by atoms with van der Waals surface area (Å²) in [6, 6.07) is 44.1. The molecule has 4 rings (SSSR count). The van der Waals surface area contributed by atoms with Crippen molar-refractivity contribution >= 4 is 47.2 Å². The van der Waals surface area contributed by atoms with Gasteiger partial charge in [-0.1, -0.05) is 146 Å². The minimum Gasteiger partial charge on any atom is -0.358 e. The molecule has 10 heteroatoms. The summed E-state index contributed by atoms with van der Waals surface area (Å²) < 4.78 is 57.5. The van der Waals surface area contributed by atoms with Crippen molar-refractivity contribution in [1.82, 2.24) is 0 Å². The Morgan fingerprint density at radius 2 is 0.927 bits per heavy atom. The molecule has 0 saturated heterocycles. The molecule has 0 unspecified atom stereocenters. The molecule has 4 aromatic rings. The largest absolute Gasteiger partial charge is 2.00 e. The van der Waals surface area contributed by atoms with Gasteiger partial charge in [-0.15, -0.1) is 0 Å². The molecular formula is C31H33F3O3P2PdS. The third kappa shape index (κ3) is 11.7. The van der Waals surface area contributed by atoms with Crippen LogP contribution in [0.15, 0.2) is 121 Å². The Labute approximate surface area is 258 Å². The minimum atomic E-state index is -5.84. The van der Waals surface area contributed by atoms with E-state index in [1.165, 1.54) is 21.2 Å². The molecule has 222 valence electrons. The van der Waals surface area contributed by atoms with Crippen molar-refractivity contribution in [3.8, 4) is 0 Å². The standard InChI is InChI=1S/C29H29P2.CHF3O3S.CH3.Pd/c1-29(2,23-30(25-15-7-3-8-16-25)26-17-9-4-10-18-26)24-31(27-19-11-5-12-20-27)28-21-13-6-14-22-28;2-1(3,4)8(5,6)7;;/h3-23H,24H2,1-2H3;(H,5,6,7);1H3;/q-1;;-1;+2. The molecule has 0 aliphatic carbocycles. The summed E-state index contributed by atoms with van der Waals surface area (Å²) in [4.78, 5) is 0. The van der Waals surface area contributed by atoms with Crippen molar-refractivity contribution in [2.45, 2.75) is 19.4 Å². The van der Waals surface area contributed by atoms with E-state index in [1.807, 2.05) is 0 Å². The van der Waals surface area contributed by atoms with Gasteiger partial charge in [0.2, 0.25) is 0 Å². The first kappa shape index (κ1) is 37.1. The van der Waals surface area contributed by atoms with Crippen LogP contribution in [0.5, 0.6) is 0 Å². The van der Waals surface area contributed by atoms with Gasteiger partial charge < -0.3 is 7.43 Å². The summed E-state index contributed by atoms with van der Waals surface area (Å²) >= 11 is 0. The molecule has 0 radical (unpaired) electrons. The van der Waals surface area contributed by atoms with Crippen molar-refractivity contribution in [2.75, 3.05) is 6.16 Å². The van der Waals surface area contributed by atoms with Crippen molar-refractivity contribution in [3.05, 3.63) is 135 Å². The molecule has 0 saturated carbocycles. The van der Waals surface area contributed by atoms with Crippen LogP contribution < -0.4 is 21.2 Å².